The molecule has 1 unspecified atom stereocenters. The minimum absolute atomic E-state index is 0.0826. The number of hydrogen-bond acceptors (Lipinski definition) is 2. The van der Waals surface area contributed by atoms with Gasteiger partial charge in [0.25, 0.3) is 0 Å². The van der Waals surface area contributed by atoms with Gasteiger partial charge in [-0.15, -0.1) is 0 Å². The third kappa shape index (κ3) is 5.82. The fourth-order valence-corrected chi connectivity index (χ4v) is 4.73. The van der Waals surface area contributed by atoms with E-state index in [2.05, 4.69) is 0 Å². The fourth-order valence-electron chi connectivity index (χ4n) is 4.73. The summed E-state index contributed by atoms with van der Waals surface area (Å²) in [6, 6.07) is 19.3. The summed E-state index contributed by atoms with van der Waals surface area (Å²) in [5, 5.41) is 9.48. The molecule has 182 valence electrons. The zero-order valence-corrected chi connectivity index (χ0v) is 19.6. The summed E-state index contributed by atoms with van der Waals surface area (Å²) in [6.45, 7) is 2.71. The van der Waals surface area contributed by atoms with Gasteiger partial charge in [0.15, 0.2) is 0 Å². The van der Waals surface area contributed by atoms with Crippen molar-refractivity contribution in [2.75, 3.05) is 6.54 Å². The van der Waals surface area contributed by atoms with E-state index in [-0.39, 0.29) is 12.1 Å². The predicted octanol–water partition coefficient (Wildman–Crippen LogP) is 7.29. The van der Waals surface area contributed by atoms with Crippen molar-refractivity contribution in [1.82, 2.24) is 4.90 Å². The summed E-state index contributed by atoms with van der Waals surface area (Å²) in [5.74, 6) is -0.923. The first-order valence-corrected chi connectivity index (χ1v) is 11.7. The summed E-state index contributed by atoms with van der Waals surface area (Å²) < 4.78 is 41.9. The van der Waals surface area contributed by atoms with E-state index in [0.29, 0.717) is 18.5 Å². The van der Waals surface area contributed by atoms with Crippen LogP contribution in [0.1, 0.15) is 47.1 Å². The van der Waals surface area contributed by atoms with Crippen LogP contribution in [0.15, 0.2) is 66.7 Å². The lowest BCUT2D eigenvalue weighted by molar-refractivity contribution is -0.145. The number of aliphatic carboxylic acids is 1. The highest BCUT2D eigenvalue weighted by molar-refractivity contribution is 5.78. The van der Waals surface area contributed by atoms with Crippen LogP contribution in [0.4, 0.5) is 13.2 Å². The predicted molar refractivity (Wildman–Crippen MR) is 133 cm³/mol. The maximum absolute atomic E-state index is 14.0. The monoisotopic (exact) mass is 479 g/mol. The van der Waals surface area contributed by atoms with Crippen molar-refractivity contribution in [3.8, 4) is 11.1 Å². The van der Waals surface area contributed by atoms with Crippen LogP contribution < -0.4 is 0 Å². The lowest BCUT2D eigenvalue weighted by Crippen LogP contribution is -2.44. The van der Waals surface area contributed by atoms with Gasteiger partial charge in [0.05, 0.1) is 5.56 Å². The van der Waals surface area contributed by atoms with Gasteiger partial charge < -0.3 is 5.11 Å². The van der Waals surface area contributed by atoms with E-state index in [4.69, 9.17) is 0 Å². The van der Waals surface area contributed by atoms with Crippen LogP contribution in [-0.2, 0) is 17.5 Å². The van der Waals surface area contributed by atoms with Gasteiger partial charge in [-0.05, 0) is 65.8 Å². The van der Waals surface area contributed by atoms with Crippen molar-refractivity contribution >= 4 is 18.1 Å². The standard InChI is InChI=1S/C29H28F3NO2/c1-20-22(10-7-11-25(20)23-8-3-2-4-9-23)15-16-24-14-13-21(18-26(24)29(30,31)32)19-33-17-6-5-12-27(33)28(34)35/h2-4,7-11,13-16,18,27H,5-6,12,17,19H2,1H3,(H,34,35). The molecule has 0 radical (unpaired) electrons. The highest BCUT2D eigenvalue weighted by Gasteiger charge is 2.34. The number of carboxylic acids is 1. The highest BCUT2D eigenvalue weighted by atomic mass is 19.4. The summed E-state index contributed by atoms with van der Waals surface area (Å²) in [7, 11) is 0. The van der Waals surface area contributed by atoms with Crippen molar-refractivity contribution < 1.29 is 23.1 Å². The zero-order chi connectivity index (χ0) is 25.0. The minimum Gasteiger partial charge on any atom is -0.480 e. The van der Waals surface area contributed by atoms with E-state index >= 15 is 0 Å². The number of carbonyl (C=O) groups is 1. The van der Waals surface area contributed by atoms with E-state index < -0.39 is 23.8 Å². The Morgan fingerprint density at radius 3 is 2.46 bits per heavy atom. The first kappa shape index (κ1) is 24.7. The number of likely N-dealkylation sites (tertiary alicyclic amines) is 1. The van der Waals surface area contributed by atoms with Crippen molar-refractivity contribution in [3.63, 3.8) is 0 Å². The normalized spacial score (nSPS) is 17.1. The molecule has 0 saturated carbocycles. The second-order valence-corrected chi connectivity index (χ2v) is 8.96. The van der Waals surface area contributed by atoms with Gasteiger partial charge in [0, 0.05) is 6.54 Å². The summed E-state index contributed by atoms with van der Waals surface area (Å²) in [4.78, 5) is 13.3. The van der Waals surface area contributed by atoms with E-state index in [0.717, 1.165) is 41.2 Å². The Balaban J connectivity index is 1.63. The van der Waals surface area contributed by atoms with Gasteiger partial charge in [0.1, 0.15) is 6.04 Å². The molecule has 1 saturated heterocycles. The van der Waals surface area contributed by atoms with Crippen LogP contribution in [-0.4, -0.2) is 28.6 Å². The van der Waals surface area contributed by atoms with Crippen molar-refractivity contribution in [2.24, 2.45) is 0 Å². The van der Waals surface area contributed by atoms with Gasteiger partial charge in [-0.1, -0.05) is 79.2 Å². The number of hydrogen-bond donors (Lipinski definition) is 1. The number of nitrogens with zero attached hydrogens (tertiary/aromatic N) is 1. The SMILES string of the molecule is Cc1c(C=Cc2ccc(CN3CCCCC3C(=O)O)cc2C(F)(F)F)cccc1-c1ccccc1. The Morgan fingerprint density at radius 1 is 1.00 bits per heavy atom. The molecule has 1 atom stereocenters. The molecule has 1 fully saturated rings. The molecule has 35 heavy (non-hydrogen) atoms. The van der Waals surface area contributed by atoms with Gasteiger partial charge in [-0.3, -0.25) is 9.69 Å². The Bertz CT molecular complexity index is 1220. The number of carboxylic acid groups (broad SMARTS) is 1. The number of alkyl halides is 3. The molecule has 0 bridgehead atoms. The van der Waals surface area contributed by atoms with Crippen LogP contribution >= 0.6 is 0 Å². The lowest BCUT2D eigenvalue weighted by Gasteiger charge is -2.33. The van der Waals surface area contributed by atoms with E-state index in [1.54, 1.807) is 17.0 Å². The lowest BCUT2D eigenvalue weighted by atomic mass is 9.95. The van der Waals surface area contributed by atoms with Crippen molar-refractivity contribution in [1.29, 1.82) is 0 Å². The maximum Gasteiger partial charge on any atom is 0.416 e. The molecule has 0 amide bonds. The summed E-state index contributed by atoms with van der Waals surface area (Å²) in [6.07, 6.45) is 0.879. The Labute approximate surface area is 203 Å². The second-order valence-electron chi connectivity index (χ2n) is 8.96. The van der Waals surface area contributed by atoms with E-state index in [1.165, 1.54) is 12.1 Å². The molecule has 3 aromatic rings. The minimum atomic E-state index is -4.52. The molecule has 1 aliphatic heterocycles. The van der Waals surface area contributed by atoms with Crippen LogP contribution in [0.5, 0.6) is 0 Å². The van der Waals surface area contributed by atoms with Crippen LogP contribution in [0, 0.1) is 6.92 Å². The molecule has 0 aliphatic carbocycles. The molecule has 4 rings (SSSR count). The number of rotatable bonds is 6. The zero-order valence-electron chi connectivity index (χ0n) is 19.6. The number of piperidine rings is 1. The fraction of sp³-hybridized carbons (Fsp3) is 0.276. The largest absolute Gasteiger partial charge is 0.480 e. The Kier molecular flexibility index (Phi) is 7.41. The molecule has 1 N–H and O–H groups in total. The average molecular weight is 480 g/mol. The molecule has 0 spiro atoms. The van der Waals surface area contributed by atoms with Gasteiger partial charge >= 0.3 is 12.1 Å². The molecule has 3 aromatic carbocycles. The smallest absolute Gasteiger partial charge is 0.416 e. The summed E-state index contributed by atoms with van der Waals surface area (Å²) >= 11 is 0. The topological polar surface area (TPSA) is 40.5 Å². The molecule has 1 heterocycles. The van der Waals surface area contributed by atoms with Crippen LogP contribution in [0.2, 0.25) is 0 Å². The highest BCUT2D eigenvalue weighted by Crippen LogP contribution is 2.35. The molecule has 1 aliphatic rings. The van der Waals surface area contributed by atoms with E-state index in [9.17, 15) is 23.1 Å². The second kappa shape index (κ2) is 10.5. The Hall–Kier alpha value is -3.38. The third-order valence-corrected chi connectivity index (χ3v) is 6.61. The first-order valence-electron chi connectivity index (χ1n) is 11.7. The van der Waals surface area contributed by atoms with Gasteiger partial charge in [0.2, 0.25) is 0 Å². The van der Waals surface area contributed by atoms with Crippen molar-refractivity contribution in [3.05, 3.63) is 94.5 Å². The molecule has 0 aromatic heterocycles. The Morgan fingerprint density at radius 2 is 1.74 bits per heavy atom. The average Bonchev–Trinajstić information content (AvgIpc) is 2.84. The van der Waals surface area contributed by atoms with Crippen LogP contribution in [0.3, 0.4) is 0 Å². The number of benzene rings is 3. The molecular weight excluding hydrogens is 451 g/mol. The quantitative estimate of drug-likeness (QED) is 0.378. The first-order chi connectivity index (χ1) is 16.7. The molecular formula is C29H28F3NO2. The number of halogens is 3. The molecule has 3 nitrogen and oxygen atoms in total. The maximum atomic E-state index is 14.0. The third-order valence-electron chi connectivity index (χ3n) is 6.61. The van der Waals surface area contributed by atoms with E-state index in [1.807, 2.05) is 55.5 Å². The van der Waals surface area contributed by atoms with Crippen molar-refractivity contribution in [2.45, 2.75) is 44.9 Å². The summed E-state index contributed by atoms with van der Waals surface area (Å²) in [5.41, 5.74) is 3.76. The molecule has 6 heteroatoms. The van der Waals surface area contributed by atoms with Gasteiger partial charge in [-0.25, -0.2) is 0 Å². The van der Waals surface area contributed by atoms with Gasteiger partial charge in [-0.2, -0.15) is 13.2 Å². The van der Waals surface area contributed by atoms with Crippen LogP contribution in [0.25, 0.3) is 23.3 Å².